The molecular weight excluding hydrogens is 284 g/mol. The van der Waals surface area contributed by atoms with Crippen molar-refractivity contribution in [1.29, 1.82) is 0 Å². The summed E-state index contributed by atoms with van der Waals surface area (Å²) >= 11 is 0. The number of carbonyl (C=O) groups is 2. The molecule has 3 rings (SSSR count). The van der Waals surface area contributed by atoms with Crippen LogP contribution in [0.25, 0.3) is 5.52 Å². The third-order valence-corrected chi connectivity index (χ3v) is 4.21. The Bertz CT molecular complexity index is 726. The van der Waals surface area contributed by atoms with Gasteiger partial charge in [0.25, 0.3) is 0 Å². The number of urea groups is 1. The van der Waals surface area contributed by atoms with Gasteiger partial charge in [0.05, 0.1) is 17.1 Å². The Kier molecular flexibility index (Phi) is 3.48. The SMILES string of the molecule is CC1(C(=O)O)CCN(C(=O)NCc2cnn3ccccc23)C1. The molecule has 7 nitrogen and oxygen atoms in total. The highest BCUT2D eigenvalue weighted by Gasteiger charge is 2.42. The van der Waals surface area contributed by atoms with E-state index in [1.165, 1.54) is 0 Å². The minimum Gasteiger partial charge on any atom is -0.481 e. The van der Waals surface area contributed by atoms with Gasteiger partial charge in [-0.25, -0.2) is 9.31 Å². The number of pyridine rings is 1. The van der Waals surface area contributed by atoms with Crippen molar-refractivity contribution in [2.45, 2.75) is 19.9 Å². The Labute approximate surface area is 127 Å². The van der Waals surface area contributed by atoms with E-state index in [2.05, 4.69) is 10.4 Å². The molecule has 1 fully saturated rings. The van der Waals surface area contributed by atoms with E-state index in [9.17, 15) is 14.7 Å². The first kappa shape index (κ1) is 14.4. The van der Waals surface area contributed by atoms with Crippen LogP contribution in [0.5, 0.6) is 0 Å². The lowest BCUT2D eigenvalue weighted by Gasteiger charge is -2.20. The fourth-order valence-corrected chi connectivity index (χ4v) is 2.72. The first-order chi connectivity index (χ1) is 10.5. The van der Waals surface area contributed by atoms with Crippen LogP contribution >= 0.6 is 0 Å². The number of carboxylic acid groups (broad SMARTS) is 1. The maximum atomic E-state index is 12.2. The molecule has 2 aromatic heterocycles. The Hall–Kier alpha value is -2.57. The van der Waals surface area contributed by atoms with Crippen LogP contribution in [0.1, 0.15) is 18.9 Å². The average molecular weight is 302 g/mol. The van der Waals surface area contributed by atoms with Crippen molar-refractivity contribution in [2.75, 3.05) is 13.1 Å². The summed E-state index contributed by atoms with van der Waals surface area (Å²) in [5.41, 5.74) is 1.02. The summed E-state index contributed by atoms with van der Waals surface area (Å²) in [4.78, 5) is 25.0. The molecule has 7 heteroatoms. The van der Waals surface area contributed by atoms with Crippen LogP contribution in [0.4, 0.5) is 4.79 Å². The molecule has 1 unspecified atom stereocenters. The van der Waals surface area contributed by atoms with Gasteiger partial charge in [-0.1, -0.05) is 6.07 Å². The second-order valence-electron chi connectivity index (χ2n) is 5.90. The van der Waals surface area contributed by atoms with Gasteiger partial charge in [0.15, 0.2) is 0 Å². The number of nitrogens with one attached hydrogen (secondary N) is 1. The highest BCUT2D eigenvalue weighted by atomic mass is 16.4. The van der Waals surface area contributed by atoms with E-state index >= 15 is 0 Å². The largest absolute Gasteiger partial charge is 0.481 e. The molecule has 3 heterocycles. The Balaban J connectivity index is 1.63. The lowest BCUT2D eigenvalue weighted by atomic mass is 9.90. The van der Waals surface area contributed by atoms with Gasteiger partial charge in [-0.05, 0) is 25.5 Å². The molecule has 0 spiro atoms. The molecule has 0 radical (unpaired) electrons. The summed E-state index contributed by atoms with van der Waals surface area (Å²) in [5.74, 6) is -0.856. The summed E-state index contributed by atoms with van der Waals surface area (Å²) in [5, 5.41) is 16.3. The van der Waals surface area contributed by atoms with E-state index in [1.54, 1.807) is 22.5 Å². The Morgan fingerprint density at radius 3 is 3.00 bits per heavy atom. The summed E-state index contributed by atoms with van der Waals surface area (Å²) in [7, 11) is 0. The minimum absolute atomic E-state index is 0.236. The molecule has 0 bridgehead atoms. The summed E-state index contributed by atoms with van der Waals surface area (Å²) in [6, 6.07) is 5.51. The van der Waals surface area contributed by atoms with E-state index in [4.69, 9.17) is 0 Å². The standard InChI is InChI=1S/C15H18N4O3/c1-15(13(20)21)5-7-18(10-15)14(22)16-8-11-9-17-19-6-3-2-4-12(11)19/h2-4,6,9H,5,7-8,10H2,1H3,(H,16,22)(H,20,21). The van der Waals surface area contributed by atoms with Crippen LogP contribution in [0.2, 0.25) is 0 Å². The van der Waals surface area contributed by atoms with E-state index in [-0.39, 0.29) is 12.6 Å². The first-order valence-electron chi connectivity index (χ1n) is 7.17. The van der Waals surface area contributed by atoms with Crippen molar-refractivity contribution in [3.63, 3.8) is 0 Å². The van der Waals surface area contributed by atoms with E-state index in [0.717, 1.165) is 11.1 Å². The number of aliphatic carboxylic acids is 1. The first-order valence-corrected chi connectivity index (χ1v) is 7.17. The van der Waals surface area contributed by atoms with Crippen molar-refractivity contribution in [1.82, 2.24) is 19.8 Å². The fourth-order valence-electron chi connectivity index (χ4n) is 2.72. The van der Waals surface area contributed by atoms with Gasteiger partial charge in [0, 0.05) is 31.4 Å². The van der Waals surface area contributed by atoms with Crippen LogP contribution < -0.4 is 5.32 Å². The molecule has 2 aromatic rings. The highest BCUT2D eigenvalue weighted by molar-refractivity contribution is 5.79. The number of hydrogen-bond donors (Lipinski definition) is 2. The van der Waals surface area contributed by atoms with Gasteiger partial charge in [0.1, 0.15) is 0 Å². The van der Waals surface area contributed by atoms with Crippen molar-refractivity contribution in [2.24, 2.45) is 5.41 Å². The van der Waals surface area contributed by atoms with Crippen LogP contribution in [-0.2, 0) is 11.3 Å². The summed E-state index contributed by atoms with van der Waals surface area (Å²) in [6.07, 6.45) is 4.05. The third kappa shape index (κ3) is 2.49. The number of rotatable bonds is 3. The minimum atomic E-state index is -0.856. The number of amides is 2. The van der Waals surface area contributed by atoms with Gasteiger partial charge >= 0.3 is 12.0 Å². The van der Waals surface area contributed by atoms with Crippen molar-refractivity contribution in [3.05, 3.63) is 36.2 Å². The predicted molar refractivity (Wildman–Crippen MR) is 79.4 cm³/mol. The van der Waals surface area contributed by atoms with Gasteiger partial charge in [-0.15, -0.1) is 0 Å². The molecule has 1 atom stereocenters. The lowest BCUT2D eigenvalue weighted by Crippen LogP contribution is -2.40. The van der Waals surface area contributed by atoms with Gasteiger partial charge in [-0.2, -0.15) is 5.10 Å². The lowest BCUT2D eigenvalue weighted by molar-refractivity contribution is -0.146. The molecule has 0 aliphatic carbocycles. The molecule has 116 valence electrons. The second kappa shape index (κ2) is 5.32. The van der Waals surface area contributed by atoms with E-state index < -0.39 is 11.4 Å². The van der Waals surface area contributed by atoms with Crippen LogP contribution in [0.3, 0.4) is 0 Å². The Morgan fingerprint density at radius 2 is 2.27 bits per heavy atom. The second-order valence-corrected chi connectivity index (χ2v) is 5.90. The molecule has 2 N–H and O–H groups in total. The van der Waals surface area contributed by atoms with Crippen molar-refractivity contribution >= 4 is 17.5 Å². The topological polar surface area (TPSA) is 86.9 Å². The van der Waals surface area contributed by atoms with E-state index in [1.807, 2.05) is 24.4 Å². The zero-order valence-corrected chi connectivity index (χ0v) is 12.3. The number of carbonyl (C=O) groups excluding carboxylic acids is 1. The summed E-state index contributed by atoms with van der Waals surface area (Å²) in [6.45, 7) is 2.74. The fraction of sp³-hybridized carbons (Fsp3) is 0.400. The van der Waals surface area contributed by atoms with Gasteiger partial charge in [-0.3, -0.25) is 4.79 Å². The van der Waals surface area contributed by atoms with Crippen molar-refractivity contribution in [3.8, 4) is 0 Å². The smallest absolute Gasteiger partial charge is 0.317 e. The van der Waals surface area contributed by atoms with Crippen molar-refractivity contribution < 1.29 is 14.7 Å². The number of likely N-dealkylation sites (tertiary alicyclic amines) is 1. The summed E-state index contributed by atoms with van der Waals surface area (Å²) < 4.78 is 1.75. The number of aromatic nitrogens is 2. The predicted octanol–water partition coefficient (Wildman–Crippen LogP) is 1.34. The van der Waals surface area contributed by atoms with Gasteiger partial charge < -0.3 is 15.3 Å². The zero-order valence-electron chi connectivity index (χ0n) is 12.3. The quantitative estimate of drug-likeness (QED) is 0.895. The molecular formula is C15H18N4O3. The molecule has 1 aliphatic rings. The van der Waals surface area contributed by atoms with Crippen LogP contribution in [0.15, 0.2) is 30.6 Å². The highest BCUT2D eigenvalue weighted by Crippen LogP contribution is 2.30. The number of carboxylic acids is 1. The van der Waals surface area contributed by atoms with Gasteiger partial charge in [0.2, 0.25) is 0 Å². The maximum absolute atomic E-state index is 12.2. The maximum Gasteiger partial charge on any atom is 0.317 e. The van der Waals surface area contributed by atoms with Crippen LogP contribution in [0, 0.1) is 5.41 Å². The van der Waals surface area contributed by atoms with E-state index in [0.29, 0.717) is 19.5 Å². The molecule has 2 amide bonds. The molecule has 0 aromatic carbocycles. The number of hydrogen-bond acceptors (Lipinski definition) is 3. The monoisotopic (exact) mass is 302 g/mol. The number of fused-ring (bicyclic) bond motifs is 1. The van der Waals surface area contributed by atoms with Crippen LogP contribution in [-0.4, -0.2) is 44.7 Å². The molecule has 0 saturated carbocycles. The Morgan fingerprint density at radius 1 is 1.45 bits per heavy atom. The zero-order chi connectivity index (χ0) is 15.7. The normalized spacial score (nSPS) is 21.2. The molecule has 1 saturated heterocycles. The molecule has 1 aliphatic heterocycles. The average Bonchev–Trinajstić information content (AvgIpc) is 3.10. The third-order valence-electron chi connectivity index (χ3n) is 4.21. The molecule has 22 heavy (non-hydrogen) atoms. The number of nitrogens with zero attached hydrogens (tertiary/aromatic N) is 3.